The van der Waals surface area contributed by atoms with Crippen LogP contribution in [-0.4, -0.2) is 44.6 Å². The van der Waals surface area contributed by atoms with Gasteiger partial charge in [-0.1, -0.05) is 11.6 Å². The number of amides is 1. The Labute approximate surface area is 112 Å². The zero-order valence-electron chi connectivity index (χ0n) is 9.65. The van der Waals surface area contributed by atoms with Gasteiger partial charge in [0.2, 0.25) is 0 Å². The van der Waals surface area contributed by atoms with Crippen LogP contribution in [0.3, 0.4) is 0 Å². The van der Waals surface area contributed by atoms with Gasteiger partial charge in [-0.25, -0.2) is 9.48 Å². The predicted octanol–water partition coefficient (Wildman–Crippen LogP) is 0.856. The quantitative estimate of drug-likeness (QED) is 0.863. The van der Waals surface area contributed by atoms with Crippen LogP contribution in [-0.2, 0) is 4.74 Å². The van der Waals surface area contributed by atoms with Crippen molar-refractivity contribution >= 4 is 23.4 Å². The zero-order valence-corrected chi connectivity index (χ0v) is 10.4. The van der Waals surface area contributed by atoms with Crippen molar-refractivity contribution in [1.29, 1.82) is 0 Å². The standard InChI is InChI=1S/C10H10ClN5O3/c11-8-2-1-7(16-6-12-14-15-16)5-9(8)13-10(18)19-4-3-17/h1-2,5-6,17H,3-4H2,(H,13,18). The normalized spacial score (nSPS) is 10.2. The Kier molecular flexibility index (Phi) is 4.26. The largest absolute Gasteiger partial charge is 0.447 e. The Bertz CT molecular complexity index is 560. The van der Waals surface area contributed by atoms with Crippen LogP contribution in [0.4, 0.5) is 10.5 Å². The van der Waals surface area contributed by atoms with Crippen LogP contribution in [0.15, 0.2) is 24.5 Å². The number of nitrogens with one attached hydrogen (secondary N) is 1. The summed E-state index contributed by atoms with van der Waals surface area (Å²) in [6.45, 7) is -0.331. The number of ether oxygens (including phenoxy) is 1. The number of aromatic nitrogens is 4. The fourth-order valence-corrected chi connectivity index (χ4v) is 1.48. The highest BCUT2D eigenvalue weighted by molar-refractivity contribution is 6.33. The highest BCUT2D eigenvalue weighted by atomic mass is 35.5. The van der Waals surface area contributed by atoms with Crippen molar-refractivity contribution < 1.29 is 14.6 Å². The van der Waals surface area contributed by atoms with E-state index in [2.05, 4.69) is 25.6 Å². The van der Waals surface area contributed by atoms with Gasteiger partial charge in [-0.15, -0.1) is 5.10 Å². The Morgan fingerprint density at radius 3 is 3.05 bits per heavy atom. The summed E-state index contributed by atoms with van der Waals surface area (Å²) in [6, 6.07) is 4.89. The van der Waals surface area contributed by atoms with E-state index < -0.39 is 6.09 Å². The second-order valence-electron chi connectivity index (χ2n) is 3.40. The van der Waals surface area contributed by atoms with E-state index >= 15 is 0 Å². The molecule has 0 atom stereocenters. The molecule has 0 aliphatic carbocycles. The lowest BCUT2D eigenvalue weighted by Gasteiger charge is -2.09. The smallest absolute Gasteiger partial charge is 0.411 e. The van der Waals surface area contributed by atoms with E-state index in [0.29, 0.717) is 16.4 Å². The van der Waals surface area contributed by atoms with Crippen molar-refractivity contribution in [2.24, 2.45) is 0 Å². The molecule has 0 bridgehead atoms. The molecule has 1 aromatic carbocycles. The van der Waals surface area contributed by atoms with Crippen molar-refractivity contribution in [2.45, 2.75) is 0 Å². The molecule has 0 aliphatic rings. The number of rotatable bonds is 4. The summed E-state index contributed by atoms with van der Waals surface area (Å²) in [5.41, 5.74) is 0.990. The number of aliphatic hydroxyl groups excluding tert-OH is 1. The molecule has 0 aliphatic heterocycles. The fraction of sp³-hybridized carbons (Fsp3) is 0.200. The third-order valence-corrected chi connectivity index (χ3v) is 2.45. The first-order valence-corrected chi connectivity index (χ1v) is 5.66. The number of hydrogen-bond acceptors (Lipinski definition) is 6. The van der Waals surface area contributed by atoms with E-state index in [0.717, 1.165) is 0 Å². The van der Waals surface area contributed by atoms with Crippen LogP contribution < -0.4 is 5.32 Å². The molecule has 0 spiro atoms. The third-order valence-electron chi connectivity index (χ3n) is 2.12. The number of halogens is 1. The molecule has 9 heteroatoms. The summed E-state index contributed by atoms with van der Waals surface area (Å²) in [5.74, 6) is 0. The molecule has 1 aromatic heterocycles. The summed E-state index contributed by atoms with van der Waals surface area (Å²) < 4.78 is 6.09. The minimum Gasteiger partial charge on any atom is -0.447 e. The van der Waals surface area contributed by atoms with Crippen molar-refractivity contribution in [1.82, 2.24) is 20.2 Å². The number of hydrogen-bond donors (Lipinski definition) is 2. The molecule has 0 radical (unpaired) electrons. The average Bonchev–Trinajstić information content (AvgIpc) is 2.93. The molecule has 8 nitrogen and oxygen atoms in total. The molecule has 1 amide bonds. The lowest BCUT2D eigenvalue weighted by atomic mass is 10.3. The van der Waals surface area contributed by atoms with E-state index in [1.54, 1.807) is 18.2 Å². The molecular weight excluding hydrogens is 274 g/mol. The van der Waals surface area contributed by atoms with Gasteiger partial charge in [0.05, 0.1) is 23.0 Å². The van der Waals surface area contributed by atoms with E-state index in [4.69, 9.17) is 16.7 Å². The Morgan fingerprint density at radius 2 is 2.37 bits per heavy atom. The molecule has 0 unspecified atom stereocenters. The molecule has 0 fully saturated rings. The maximum atomic E-state index is 11.4. The van der Waals surface area contributed by atoms with Crippen LogP contribution in [0.1, 0.15) is 0 Å². The van der Waals surface area contributed by atoms with Crippen LogP contribution in [0.25, 0.3) is 5.69 Å². The van der Waals surface area contributed by atoms with Crippen LogP contribution >= 0.6 is 11.6 Å². The molecule has 2 N–H and O–H groups in total. The summed E-state index contributed by atoms with van der Waals surface area (Å²) in [4.78, 5) is 11.4. The fourth-order valence-electron chi connectivity index (χ4n) is 1.32. The first kappa shape index (κ1) is 13.2. The topological polar surface area (TPSA) is 102 Å². The van der Waals surface area contributed by atoms with E-state index in [-0.39, 0.29) is 13.2 Å². The average molecular weight is 284 g/mol. The number of anilines is 1. The van der Waals surface area contributed by atoms with Gasteiger partial charge in [-0.05, 0) is 28.6 Å². The first-order valence-electron chi connectivity index (χ1n) is 5.28. The third kappa shape index (κ3) is 3.39. The monoisotopic (exact) mass is 283 g/mol. The van der Waals surface area contributed by atoms with Gasteiger partial charge in [-0.3, -0.25) is 5.32 Å². The highest BCUT2D eigenvalue weighted by Crippen LogP contribution is 2.24. The lowest BCUT2D eigenvalue weighted by molar-refractivity contribution is 0.131. The SMILES string of the molecule is O=C(Nc1cc(-n2cnnn2)ccc1Cl)OCCO. The van der Waals surface area contributed by atoms with Gasteiger partial charge in [0.15, 0.2) is 0 Å². The van der Waals surface area contributed by atoms with Crippen LogP contribution in [0.5, 0.6) is 0 Å². The summed E-state index contributed by atoms with van der Waals surface area (Å²) in [6.07, 6.45) is 0.710. The summed E-state index contributed by atoms with van der Waals surface area (Å²) >= 11 is 5.96. The number of benzene rings is 1. The minimum atomic E-state index is -0.704. The molecule has 2 rings (SSSR count). The van der Waals surface area contributed by atoms with Crippen molar-refractivity contribution in [2.75, 3.05) is 18.5 Å². The predicted molar refractivity (Wildman–Crippen MR) is 66.2 cm³/mol. The van der Waals surface area contributed by atoms with Gasteiger partial charge in [0, 0.05) is 0 Å². The number of aliphatic hydroxyl groups is 1. The maximum Gasteiger partial charge on any atom is 0.411 e. The first-order chi connectivity index (χ1) is 9.20. The number of carbonyl (C=O) groups is 1. The number of tetrazole rings is 1. The molecule has 2 aromatic rings. The highest BCUT2D eigenvalue weighted by Gasteiger charge is 2.09. The number of carbonyl (C=O) groups excluding carboxylic acids is 1. The molecule has 0 saturated carbocycles. The van der Waals surface area contributed by atoms with Crippen molar-refractivity contribution in [3.63, 3.8) is 0 Å². The molecular formula is C10H10ClN5O3. The number of nitrogens with zero attached hydrogens (tertiary/aromatic N) is 4. The Balaban J connectivity index is 2.16. The van der Waals surface area contributed by atoms with Crippen LogP contribution in [0, 0.1) is 0 Å². The van der Waals surface area contributed by atoms with Crippen LogP contribution in [0.2, 0.25) is 5.02 Å². The summed E-state index contributed by atoms with van der Waals surface area (Å²) in [5, 5.41) is 22.1. The van der Waals surface area contributed by atoms with Gasteiger partial charge in [-0.2, -0.15) is 0 Å². The van der Waals surface area contributed by atoms with Crippen molar-refractivity contribution in [3.05, 3.63) is 29.5 Å². The van der Waals surface area contributed by atoms with E-state index in [1.165, 1.54) is 11.0 Å². The minimum absolute atomic E-state index is 0.0872. The lowest BCUT2D eigenvalue weighted by Crippen LogP contribution is -2.16. The second kappa shape index (κ2) is 6.12. The second-order valence-corrected chi connectivity index (χ2v) is 3.81. The van der Waals surface area contributed by atoms with Gasteiger partial charge in [0.1, 0.15) is 12.9 Å². The van der Waals surface area contributed by atoms with E-state index in [1.807, 2.05) is 0 Å². The van der Waals surface area contributed by atoms with Gasteiger partial charge in [0.25, 0.3) is 0 Å². The van der Waals surface area contributed by atoms with Crippen molar-refractivity contribution in [3.8, 4) is 5.69 Å². The molecule has 0 saturated heterocycles. The zero-order chi connectivity index (χ0) is 13.7. The molecule has 19 heavy (non-hydrogen) atoms. The van der Waals surface area contributed by atoms with Gasteiger partial charge < -0.3 is 9.84 Å². The Hall–Kier alpha value is -2.19. The molecule has 1 heterocycles. The molecule has 100 valence electrons. The Morgan fingerprint density at radius 1 is 1.53 bits per heavy atom. The van der Waals surface area contributed by atoms with E-state index in [9.17, 15) is 4.79 Å². The van der Waals surface area contributed by atoms with Gasteiger partial charge >= 0.3 is 6.09 Å². The summed E-state index contributed by atoms with van der Waals surface area (Å²) in [7, 11) is 0. The maximum absolute atomic E-state index is 11.4.